The minimum Gasteiger partial charge on any atom is -0.493 e. The number of aliphatic hydroxyl groups is 1. The molecule has 1 N–H and O–H groups in total. The fourth-order valence-corrected chi connectivity index (χ4v) is 6.09. The van der Waals surface area contributed by atoms with E-state index >= 15 is 0 Å². The fourth-order valence-electron chi connectivity index (χ4n) is 5.23. The SMILES string of the molecule is CON1C=C(Br)C23CC(CC#N)CCC2OC2=C3C(C[C@@H](O)C2)C1. The molecular formula is C18H23BrN2O3. The highest BCUT2D eigenvalue weighted by Crippen LogP contribution is 2.63. The Balaban J connectivity index is 1.82. The summed E-state index contributed by atoms with van der Waals surface area (Å²) >= 11 is 3.84. The van der Waals surface area contributed by atoms with Crippen molar-refractivity contribution in [3.05, 3.63) is 22.0 Å². The van der Waals surface area contributed by atoms with Crippen LogP contribution in [0.1, 0.15) is 38.5 Å². The van der Waals surface area contributed by atoms with Crippen LogP contribution in [-0.4, -0.2) is 36.0 Å². The van der Waals surface area contributed by atoms with Crippen LogP contribution in [0.3, 0.4) is 0 Å². The van der Waals surface area contributed by atoms with Gasteiger partial charge in [0.25, 0.3) is 0 Å². The summed E-state index contributed by atoms with van der Waals surface area (Å²) in [7, 11) is 1.68. The van der Waals surface area contributed by atoms with Gasteiger partial charge in [0.05, 0.1) is 37.0 Å². The highest BCUT2D eigenvalue weighted by molar-refractivity contribution is 9.11. The highest BCUT2D eigenvalue weighted by atomic mass is 79.9. The summed E-state index contributed by atoms with van der Waals surface area (Å²) in [5.41, 5.74) is 1.16. The first kappa shape index (κ1) is 16.4. The van der Waals surface area contributed by atoms with E-state index in [1.165, 1.54) is 5.57 Å². The maximum absolute atomic E-state index is 10.3. The van der Waals surface area contributed by atoms with Crippen LogP contribution in [-0.2, 0) is 9.57 Å². The van der Waals surface area contributed by atoms with E-state index in [0.717, 1.165) is 42.5 Å². The van der Waals surface area contributed by atoms with E-state index in [0.29, 0.717) is 18.8 Å². The van der Waals surface area contributed by atoms with Crippen molar-refractivity contribution < 1.29 is 14.7 Å². The Morgan fingerprint density at radius 3 is 3.12 bits per heavy atom. The zero-order valence-electron chi connectivity index (χ0n) is 13.9. The second-order valence-electron chi connectivity index (χ2n) is 7.47. The summed E-state index contributed by atoms with van der Waals surface area (Å²) in [6.45, 7) is 0.724. The Labute approximate surface area is 151 Å². The Morgan fingerprint density at radius 2 is 2.38 bits per heavy atom. The normalized spacial score (nSPS) is 40.9. The van der Waals surface area contributed by atoms with Crippen molar-refractivity contribution in [1.82, 2.24) is 5.06 Å². The van der Waals surface area contributed by atoms with E-state index in [4.69, 9.17) is 14.8 Å². The lowest BCUT2D eigenvalue weighted by molar-refractivity contribution is -0.0968. The predicted octanol–water partition coefficient (Wildman–Crippen LogP) is 3.22. The molecule has 4 rings (SSSR count). The molecule has 4 unspecified atom stereocenters. The largest absolute Gasteiger partial charge is 0.493 e. The molecule has 130 valence electrons. The molecule has 0 saturated heterocycles. The van der Waals surface area contributed by atoms with E-state index in [2.05, 4.69) is 22.0 Å². The number of hydroxylamine groups is 2. The molecule has 0 aromatic rings. The maximum Gasteiger partial charge on any atom is 0.112 e. The maximum atomic E-state index is 10.3. The van der Waals surface area contributed by atoms with Crippen molar-refractivity contribution >= 4 is 15.9 Å². The van der Waals surface area contributed by atoms with Crippen LogP contribution in [0.15, 0.2) is 22.0 Å². The predicted molar refractivity (Wildman–Crippen MR) is 91.4 cm³/mol. The Bertz CT molecular complexity index is 641. The van der Waals surface area contributed by atoms with E-state index < -0.39 is 0 Å². The van der Waals surface area contributed by atoms with Gasteiger partial charge in [-0.3, -0.25) is 9.90 Å². The minimum atomic E-state index is -0.351. The summed E-state index contributed by atoms with van der Waals surface area (Å²) in [5.74, 6) is 1.61. The molecular weight excluding hydrogens is 372 g/mol. The highest BCUT2D eigenvalue weighted by Gasteiger charge is 2.59. The van der Waals surface area contributed by atoms with Gasteiger partial charge in [-0.25, -0.2) is 0 Å². The van der Waals surface area contributed by atoms with Crippen molar-refractivity contribution in [1.29, 1.82) is 5.26 Å². The molecule has 0 amide bonds. The van der Waals surface area contributed by atoms with Crippen molar-refractivity contribution in [2.24, 2.45) is 17.3 Å². The van der Waals surface area contributed by atoms with Crippen LogP contribution in [0.4, 0.5) is 0 Å². The molecule has 1 spiro atoms. The zero-order chi connectivity index (χ0) is 16.9. The number of hydrogen-bond donors (Lipinski definition) is 1. The van der Waals surface area contributed by atoms with Gasteiger partial charge >= 0.3 is 0 Å². The van der Waals surface area contributed by atoms with Gasteiger partial charge in [0.1, 0.15) is 6.10 Å². The molecule has 2 aliphatic heterocycles. The van der Waals surface area contributed by atoms with Gasteiger partial charge in [-0.15, -0.1) is 0 Å². The molecule has 0 aromatic carbocycles. The van der Waals surface area contributed by atoms with Crippen molar-refractivity contribution in [2.75, 3.05) is 13.7 Å². The van der Waals surface area contributed by atoms with E-state index in [-0.39, 0.29) is 23.5 Å². The summed E-state index contributed by atoms with van der Waals surface area (Å²) < 4.78 is 7.46. The van der Waals surface area contributed by atoms with Crippen molar-refractivity contribution in [3.8, 4) is 6.07 Å². The van der Waals surface area contributed by atoms with Crippen LogP contribution >= 0.6 is 15.9 Å². The average Bonchev–Trinajstić information content (AvgIpc) is 2.82. The lowest BCUT2D eigenvalue weighted by atomic mass is 9.60. The number of ether oxygens (including phenoxy) is 1. The van der Waals surface area contributed by atoms with Gasteiger partial charge in [0.15, 0.2) is 0 Å². The van der Waals surface area contributed by atoms with E-state index in [1.807, 2.05) is 11.3 Å². The summed E-state index contributed by atoms with van der Waals surface area (Å²) in [6.07, 6.45) is 6.66. The molecule has 2 heterocycles. The summed E-state index contributed by atoms with van der Waals surface area (Å²) in [6, 6.07) is 2.35. The lowest BCUT2D eigenvalue weighted by Crippen LogP contribution is -2.42. The fraction of sp³-hybridized carbons (Fsp3) is 0.722. The molecule has 24 heavy (non-hydrogen) atoms. The Hall–Kier alpha value is -1.03. The number of halogens is 1. The summed E-state index contributed by atoms with van der Waals surface area (Å²) in [4.78, 5) is 5.51. The smallest absolute Gasteiger partial charge is 0.112 e. The third-order valence-electron chi connectivity index (χ3n) is 6.15. The molecule has 0 radical (unpaired) electrons. The first-order chi connectivity index (χ1) is 11.6. The third-order valence-corrected chi connectivity index (χ3v) is 7.06. The molecule has 6 heteroatoms. The Morgan fingerprint density at radius 1 is 1.54 bits per heavy atom. The molecule has 0 aromatic heterocycles. The van der Waals surface area contributed by atoms with Gasteiger partial charge in [-0.1, -0.05) is 15.9 Å². The van der Waals surface area contributed by atoms with Gasteiger partial charge in [0.2, 0.25) is 0 Å². The van der Waals surface area contributed by atoms with Gasteiger partial charge < -0.3 is 9.84 Å². The lowest BCUT2D eigenvalue weighted by Gasteiger charge is -2.44. The molecule has 4 aliphatic rings. The summed E-state index contributed by atoms with van der Waals surface area (Å²) in [5, 5.41) is 21.3. The monoisotopic (exact) mass is 394 g/mol. The quantitative estimate of drug-likeness (QED) is 0.778. The number of rotatable bonds is 2. The van der Waals surface area contributed by atoms with Gasteiger partial charge in [0, 0.05) is 29.4 Å². The minimum absolute atomic E-state index is 0.104. The second kappa shape index (κ2) is 6.05. The number of nitriles is 1. The third kappa shape index (κ3) is 2.33. The average molecular weight is 395 g/mol. The van der Waals surface area contributed by atoms with E-state index in [1.54, 1.807) is 7.11 Å². The topological polar surface area (TPSA) is 65.7 Å². The second-order valence-corrected chi connectivity index (χ2v) is 8.33. The molecule has 5 nitrogen and oxygen atoms in total. The molecule has 0 bridgehead atoms. The first-order valence-electron chi connectivity index (χ1n) is 8.72. The number of nitrogens with zero attached hydrogens (tertiary/aromatic N) is 2. The van der Waals surface area contributed by atoms with Crippen molar-refractivity contribution in [2.45, 2.75) is 50.7 Å². The first-order valence-corrected chi connectivity index (χ1v) is 9.51. The van der Waals surface area contributed by atoms with Crippen LogP contribution < -0.4 is 0 Å². The van der Waals surface area contributed by atoms with Gasteiger partial charge in [-0.05, 0) is 37.2 Å². The molecule has 5 atom stereocenters. The Kier molecular flexibility index (Phi) is 4.14. The molecule has 1 saturated carbocycles. The molecule has 2 aliphatic carbocycles. The van der Waals surface area contributed by atoms with E-state index in [9.17, 15) is 5.11 Å². The number of aliphatic hydroxyl groups excluding tert-OH is 1. The van der Waals surface area contributed by atoms with Gasteiger partial charge in [-0.2, -0.15) is 5.26 Å². The zero-order valence-corrected chi connectivity index (χ0v) is 15.5. The van der Waals surface area contributed by atoms with Crippen LogP contribution in [0, 0.1) is 28.6 Å². The van der Waals surface area contributed by atoms with Crippen LogP contribution in [0.5, 0.6) is 0 Å². The van der Waals surface area contributed by atoms with Crippen LogP contribution in [0.2, 0.25) is 0 Å². The molecule has 1 fully saturated rings. The van der Waals surface area contributed by atoms with Crippen LogP contribution in [0.25, 0.3) is 0 Å². The standard InChI is InChI=1S/C18H23BrN2O3/c1-23-21-9-12-6-13(22)7-14-17(12)18(15(19)10-21)8-11(4-5-20)2-3-16(18)24-14/h10-13,16,22H,2-4,6-9H2,1H3/t11?,12?,13-,16?,18?/m1/s1. The van der Waals surface area contributed by atoms with Crippen molar-refractivity contribution in [3.63, 3.8) is 0 Å². The number of hydrogen-bond acceptors (Lipinski definition) is 5.